The molecule has 1 N–H and O–H groups in total. The third-order valence-corrected chi connectivity index (χ3v) is 5.32. The maximum Gasteiger partial charge on any atom is 0.243 e. The fraction of sp³-hybridized carbons (Fsp3) is 0.500. The highest BCUT2D eigenvalue weighted by atomic mass is 35.5. The number of morpholine rings is 1. The molecule has 1 atom stereocenters. The first-order chi connectivity index (χ1) is 8.95. The number of rotatable bonds is 3. The van der Waals surface area contributed by atoms with Gasteiger partial charge in [-0.3, -0.25) is 0 Å². The van der Waals surface area contributed by atoms with Crippen LogP contribution in [-0.2, 0) is 14.8 Å². The summed E-state index contributed by atoms with van der Waals surface area (Å²) >= 11 is 5.87. The minimum atomic E-state index is -3.60. The number of aliphatic hydroxyl groups is 1. The van der Waals surface area contributed by atoms with Gasteiger partial charge in [0.25, 0.3) is 0 Å². The summed E-state index contributed by atoms with van der Waals surface area (Å²) < 4.78 is 31.7. The van der Waals surface area contributed by atoms with Gasteiger partial charge in [-0.2, -0.15) is 4.31 Å². The van der Waals surface area contributed by atoms with Gasteiger partial charge >= 0.3 is 0 Å². The lowest BCUT2D eigenvalue weighted by molar-refractivity contribution is -0.0304. The van der Waals surface area contributed by atoms with Crippen LogP contribution >= 0.6 is 11.6 Å². The minimum Gasteiger partial charge on any atom is -0.394 e. The van der Waals surface area contributed by atoms with E-state index in [2.05, 4.69) is 0 Å². The Hall–Kier alpha value is -0.660. The molecule has 1 fully saturated rings. The van der Waals surface area contributed by atoms with Gasteiger partial charge in [0.05, 0.1) is 24.2 Å². The highest BCUT2D eigenvalue weighted by Gasteiger charge is 2.31. The van der Waals surface area contributed by atoms with Crippen LogP contribution in [0.1, 0.15) is 5.56 Å². The van der Waals surface area contributed by atoms with E-state index in [9.17, 15) is 8.42 Å². The third-order valence-electron chi connectivity index (χ3n) is 3.07. The molecule has 0 saturated carbocycles. The first-order valence-electron chi connectivity index (χ1n) is 5.94. The molecule has 1 unspecified atom stereocenters. The van der Waals surface area contributed by atoms with Crippen LogP contribution < -0.4 is 0 Å². The van der Waals surface area contributed by atoms with Gasteiger partial charge in [0.2, 0.25) is 10.0 Å². The highest BCUT2D eigenvalue weighted by Crippen LogP contribution is 2.24. The Morgan fingerprint density at radius 2 is 2.26 bits per heavy atom. The van der Waals surface area contributed by atoms with E-state index in [0.29, 0.717) is 10.6 Å². The number of aliphatic hydroxyl groups excluding tert-OH is 1. The van der Waals surface area contributed by atoms with Crippen LogP contribution in [0, 0.1) is 6.92 Å². The van der Waals surface area contributed by atoms with Crippen LogP contribution in [0.25, 0.3) is 0 Å². The maximum atomic E-state index is 12.6. The maximum absolute atomic E-state index is 12.6. The molecule has 1 heterocycles. The zero-order valence-corrected chi connectivity index (χ0v) is 12.1. The number of ether oxygens (including phenoxy) is 1. The monoisotopic (exact) mass is 305 g/mol. The molecule has 0 spiro atoms. The molecule has 0 aliphatic carbocycles. The van der Waals surface area contributed by atoms with E-state index in [1.807, 2.05) is 0 Å². The molecule has 1 saturated heterocycles. The normalized spacial score (nSPS) is 21.5. The molecular formula is C12H16ClNO4S. The van der Waals surface area contributed by atoms with Crippen molar-refractivity contribution in [2.24, 2.45) is 0 Å². The number of halogens is 1. The molecule has 19 heavy (non-hydrogen) atoms. The summed E-state index contributed by atoms with van der Waals surface area (Å²) in [5, 5.41) is 9.46. The summed E-state index contributed by atoms with van der Waals surface area (Å²) in [7, 11) is -3.60. The topological polar surface area (TPSA) is 66.8 Å². The minimum absolute atomic E-state index is 0.158. The van der Waals surface area contributed by atoms with Crippen molar-refractivity contribution in [1.82, 2.24) is 4.31 Å². The zero-order chi connectivity index (χ0) is 14.0. The SMILES string of the molecule is Cc1ccc(Cl)cc1S(=O)(=O)N1CCOC(CO)C1. The van der Waals surface area contributed by atoms with Crippen molar-refractivity contribution in [3.8, 4) is 0 Å². The van der Waals surface area contributed by atoms with Crippen molar-refractivity contribution in [2.45, 2.75) is 17.9 Å². The van der Waals surface area contributed by atoms with E-state index in [1.54, 1.807) is 19.1 Å². The van der Waals surface area contributed by atoms with Gasteiger partial charge in [0.1, 0.15) is 0 Å². The van der Waals surface area contributed by atoms with Crippen molar-refractivity contribution in [3.05, 3.63) is 28.8 Å². The summed E-state index contributed by atoms with van der Waals surface area (Å²) in [6.45, 7) is 2.26. The van der Waals surface area contributed by atoms with Crippen molar-refractivity contribution in [1.29, 1.82) is 0 Å². The fourth-order valence-corrected chi connectivity index (χ4v) is 3.96. The lowest BCUT2D eigenvalue weighted by Gasteiger charge is -2.31. The van der Waals surface area contributed by atoms with E-state index in [0.717, 1.165) is 0 Å². The number of sulfonamides is 1. The average Bonchev–Trinajstić information content (AvgIpc) is 2.41. The zero-order valence-electron chi connectivity index (χ0n) is 10.5. The third kappa shape index (κ3) is 3.09. The molecular weight excluding hydrogens is 290 g/mol. The predicted octanol–water partition coefficient (Wildman–Crippen LogP) is 1.03. The van der Waals surface area contributed by atoms with Crippen LogP contribution in [0.5, 0.6) is 0 Å². The van der Waals surface area contributed by atoms with E-state index < -0.39 is 16.1 Å². The van der Waals surface area contributed by atoms with Crippen LogP contribution in [0.2, 0.25) is 5.02 Å². The number of nitrogens with zero attached hydrogens (tertiary/aromatic N) is 1. The van der Waals surface area contributed by atoms with Gasteiger partial charge in [-0.05, 0) is 24.6 Å². The van der Waals surface area contributed by atoms with Gasteiger partial charge in [0.15, 0.2) is 0 Å². The van der Waals surface area contributed by atoms with E-state index in [4.69, 9.17) is 21.4 Å². The molecule has 0 radical (unpaired) electrons. The van der Waals surface area contributed by atoms with Gasteiger partial charge < -0.3 is 9.84 Å². The molecule has 7 heteroatoms. The second-order valence-electron chi connectivity index (χ2n) is 4.45. The number of benzene rings is 1. The van der Waals surface area contributed by atoms with Crippen LogP contribution in [0.15, 0.2) is 23.1 Å². The lowest BCUT2D eigenvalue weighted by Crippen LogP contribution is -2.46. The molecule has 2 rings (SSSR count). The van der Waals surface area contributed by atoms with Crippen molar-refractivity contribution in [2.75, 3.05) is 26.3 Å². The molecule has 5 nitrogen and oxygen atoms in total. The Balaban J connectivity index is 2.34. The summed E-state index contributed by atoms with van der Waals surface area (Å²) in [4.78, 5) is 0.207. The van der Waals surface area contributed by atoms with Crippen molar-refractivity contribution < 1.29 is 18.3 Å². The molecule has 1 aliphatic heterocycles. The van der Waals surface area contributed by atoms with Crippen molar-refractivity contribution >= 4 is 21.6 Å². The molecule has 0 aromatic heterocycles. The summed E-state index contributed by atoms with van der Waals surface area (Å²) in [6, 6.07) is 4.79. The predicted molar refractivity (Wildman–Crippen MR) is 71.8 cm³/mol. The Morgan fingerprint density at radius 1 is 1.53 bits per heavy atom. The Labute approximate surface area is 117 Å². The van der Waals surface area contributed by atoms with Gasteiger partial charge in [-0.1, -0.05) is 17.7 Å². The Bertz CT molecular complexity index is 561. The van der Waals surface area contributed by atoms with Gasteiger partial charge in [-0.15, -0.1) is 0 Å². The number of hydrogen-bond acceptors (Lipinski definition) is 4. The molecule has 1 aromatic rings. The molecule has 1 aromatic carbocycles. The lowest BCUT2D eigenvalue weighted by atomic mass is 10.2. The largest absolute Gasteiger partial charge is 0.394 e. The first kappa shape index (κ1) is 14.7. The number of aryl methyl sites for hydroxylation is 1. The van der Waals surface area contributed by atoms with Crippen LogP contribution in [0.3, 0.4) is 0 Å². The molecule has 0 amide bonds. The molecule has 1 aliphatic rings. The average molecular weight is 306 g/mol. The first-order valence-corrected chi connectivity index (χ1v) is 7.75. The van der Waals surface area contributed by atoms with E-state index in [-0.39, 0.29) is 31.2 Å². The summed E-state index contributed by atoms with van der Waals surface area (Å²) in [5.41, 5.74) is 0.649. The van der Waals surface area contributed by atoms with Gasteiger partial charge in [0, 0.05) is 18.1 Å². The number of hydrogen-bond donors (Lipinski definition) is 1. The smallest absolute Gasteiger partial charge is 0.243 e. The fourth-order valence-electron chi connectivity index (χ4n) is 2.01. The van der Waals surface area contributed by atoms with Crippen LogP contribution in [0.4, 0.5) is 0 Å². The van der Waals surface area contributed by atoms with E-state index in [1.165, 1.54) is 10.4 Å². The second-order valence-corrected chi connectivity index (χ2v) is 6.79. The summed E-state index contributed by atoms with van der Waals surface area (Å²) in [5.74, 6) is 0. The van der Waals surface area contributed by atoms with Crippen molar-refractivity contribution in [3.63, 3.8) is 0 Å². The second kappa shape index (κ2) is 5.76. The van der Waals surface area contributed by atoms with Gasteiger partial charge in [-0.25, -0.2) is 8.42 Å². The molecule has 0 bridgehead atoms. The highest BCUT2D eigenvalue weighted by molar-refractivity contribution is 7.89. The quantitative estimate of drug-likeness (QED) is 0.906. The van der Waals surface area contributed by atoms with Crippen LogP contribution in [-0.4, -0.2) is 50.2 Å². The summed E-state index contributed by atoms with van der Waals surface area (Å²) in [6.07, 6.45) is -0.469. The Kier molecular flexibility index (Phi) is 4.47. The molecule has 106 valence electrons. The Morgan fingerprint density at radius 3 is 2.95 bits per heavy atom. The standard InChI is InChI=1S/C12H16ClNO4S/c1-9-2-3-10(13)6-12(9)19(16,17)14-4-5-18-11(7-14)8-15/h2-3,6,11,15H,4-5,7-8H2,1H3. The van der Waals surface area contributed by atoms with E-state index >= 15 is 0 Å².